The van der Waals surface area contributed by atoms with Gasteiger partial charge in [0.05, 0.1) is 5.69 Å². The van der Waals surface area contributed by atoms with Crippen molar-refractivity contribution >= 4 is 23.4 Å². The molecule has 1 heterocycles. The number of hydrogen-bond acceptors (Lipinski definition) is 4. The molecule has 0 saturated heterocycles. The van der Waals surface area contributed by atoms with Gasteiger partial charge in [-0.2, -0.15) is 16.9 Å². The van der Waals surface area contributed by atoms with Gasteiger partial charge in [0.2, 0.25) is 0 Å². The third kappa shape index (κ3) is 4.16. The van der Waals surface area contributed by atoms with E-state index < -0.39 is 0 Å². The number of hydrogen-bond donors (Lipinski definition) is 2. The van der Waals surface area contributed by atoms with Crippen LogP contribution in [0.5, 0.6) is 0 Å². The van der Waals surface area contributed by atoms with Crippen LogP contribution in [-0.2, 0) is 20.0 Å². The predicted molar refractivity (Wildman–Crippen MR) is 78.3 cm³/mol. The average Bonchev–Trinajstić information content (AvgIpc) is 2.63. The van der Waals surface area contributed by atoms with E-state index in [1.807, 2.05) is 7.05 Å². The lowest BCUT2D eigenvalue weighted by Crippen LogP contribution is -2.32. The van der Waals surface area contributed by atoms with Crippen LogP contribution in [0.3, 0.4) is 0 Å². The fraction of sp³-hybridized carbons (Fsp3) is 0.750. The molecule has 18 heavy (non-hydrogen) atoms. The molecule has 1 atom stereocenters. The van der Waals surface area contributed by atoms with Crippen LogP contribution in [0, 0.1) is 0 Å². The zero-order valence-corrected chi connectivity index (χ0v) is 12.8. The summed E-state index contributed by atoms with van der Waals surface area (Å²) >= 11 is 8.01. The first kappa shape index (κ1) is 15.8. The first-order valence-electron chi connectivity index (χ1n) is 6.17. The summed E-state index contributed by atoms with van der Waals surface area (Å²) in [5, 5.41) is 17.6. The Morgan fingerprint density at radius 1 is 1.56 bits per heavy atom. The highest BCUT2D eigenvalue weighted by Crippen LogP contribution is 2.20. The Morgan fingerprint density at radius 2 is 2.28 bits per heavy atom. The van der Waals surface area contributed by atoms with Crippen molar-refractivity contribution in [1.82, 2.24) is 15.1 Å². The second kappa shape index (κ2) is 8.04. The molecule has 4 nitrogen and oxygen atoms in total. The monoisotopic (exact) mass is 291 g/mol. The highest BCUT2D eigenvalue weighted by atomic mass is 35.5. The third-order valence-electron chi connectivity index (χ3n) is 2.90. The van der Waals surface area contributed by atoms with Crippen LogP contribution in [0.2, 0.25) is 5.15 Å². The second-order valence-electron chi connectivity index (χ2n) is 4.24. The van der Waals surface area contributed by atoms with Crippen LogP contribution in [0.15, 0.2) is 0 Å². The van der Waals surface area contributed by atoms with Crippen molar-refractivity contribution in [3.8, 4) is 0 Å². The Morgan fingerprint density at radius 3 is 2.83 bits per heavy atom. The van der Waals surface area contributed by atoms with Gasteiger partial charge in [0.15, 0.2) is 0 Å². The van der Waals surface area contributed by atoms with E-state index in [0.717, 1.165) is 29.9 Å². The molecule has 0 aliphatic carbocycles. The van der Waals surface area contributed by atoms with Gasteiger partial charge in [-0.15, -0.1) is 0 Å². The molecule has 0 radical (unpaired) electrons. The summed E-state index contributed by atoms with van der Waals surface area (Å²) in [5.74, 6) is 0.986. The van der Waals surface area contributed by atoms with Crippen LogP contribution < -0.4 is 5.32 Å². The summed E-state index contributed by atoms with van der Waals surface area (Å²) < 4.78 is 1.72. The van der Waals surface area contributed by atoms with E-state index in [1.165, 1.54) is 0 Å². The van der Waals surface area contributed by atoms with Crippen molar-refractivity contribution in [2.24, 2.45) is 7.05 Å². The molecule has 0 amide bonds. The Labute approximate surface area is 118 Å². The van der Waals surface area contributed by atoms with Gasteiger partial charge in [-0.05, 0) is 19.1 Å². The first-order chi connectivity index (χ1) is 8.63. The van der Waals surface area contributed by atoms with E-state index in [2.05, 4.69) is 23.6 Å². The molecule has 1 unspecified atom stereocenters. The standard InChI is InChI=1S/C12H22ClN3OS/c1-4-11-10(12(13)16(2)15-11)7-14-9(5-6-17)8-18-3/h9,14,17H,4-8H2,1-3H3. The topological polar surface area (TPSA) is 50.1 Å². The largest absolute Gasteiger partial charge is 0.396 e. The number of nitrogens with zero attached hydrogens (tertiary/aromatic N) is 2. The van der Waals surface area contributed by atoms with Gasteiger partial charge in [-0.3, -0.25) is 4.68 Å². The first-order valence-corrected chi connectivity index (χ1v) is 7.94. The van der Waals surface area contributed by atoms with Crippen LogP contribution in [0.1, 0.15) is 24.6 Å². The summed E-state index contributed by atoms with van der Waals surface area (Å²) in [7, 11) is 1.86. The molecule has 0 spiro atoms. The van der Waals surface area contributed by atoms with Crippen molar-refractivity contribution in [3.63, 3.8) is 0 Å². The summed E-state index contributed by atoms with van der Waals surface area (Å²) in [6.45, 7) is 3.00. The van der Waals surface area contributed by atoms with Gasteiger partial charge in [0, 0.05) is 37.6 Å². The van der Waals surface area contributed by atoms with Crippen molar-refractivity contribution < 1.29 is 5.11 Å². The van der Waals surface area contributed by atoms with E-state index in [9.17, 15) is 0 Å². The number of aliphatic hydroxyl groups is 1. The maximum Gasteiger partial charge on any atom is 0.131 e. The van der Waals surface area contributed by atoms with Crippen molar-refractivity contribution in [2.75, 3.05) is 18.6 Å². The molecule has 0 aliphatic heterocycles. The lowest BCUT2D eigenvalue weighted by molar-refractivity contribution is 0.269. The summed E-state index contributed by atoms with van der Waals surface area (Å²) in [6, 6.07) is 0.311. The van der Waals surface area contributed by atoms with Crippen molar-refractivity contribution in [2.45, 2.75) is 32.4 Å². The molecule has 1 aromatic rings. The number of nitrogens with one attached hydrogen (secondary N) is 1. The lowest BCUT2D eigenvalue weighted by atomic mass is 10.2. The van der Waals surface area contributed by atoms with E-state index in [1.54, 1.807) is 16.4 Å². The Hall–Kier alpha value is -0.230. The molecule has 2 N–H and O–H groups in total. The van der Waals surface area contributed by atoms with Crippen LogP contribution >= 0.6 is 23.4 Å². The van der Waals surface area contributed by atoms with Crippen molar-refractivity contribution in [1.29, 1.82) is 0 Å². The van der Waals surface area contributed by atoms with Crippen molar-refractivity contribution in [3.05, 3.63) is 16.4 Å². The highest BCUT2D eigenvalue weighted by Gasteiger charge is 2.15. The van der Waals surface area contributed by atoms with E-state index in [0.29, 0.717) is 17.7 Å². The quantitative estimate of drug-likeness (QED) is 0.767. The number of aryl methyl sites for hydroxylation is 2. The minimum Gasteiger partial charge on any atom is -0.396 e. The zero-order valence-electron chi connectivity index (χ0n) is 11.2. The average molecular weight is 292 g/mol. The summed E-state index contributed by atoms with van der Waals surface area (Å²) in [6.07, 6.45) is 3.71. The highest BCUT2D eigenvalue weighted by molar-refractivity contribution is 7.98. The maximum absolute atomic E-state index is 9.03. The van der Waals surface area contributed by atoms with Crippen LogP contribution in [0.4, 0.5) is 0 Å². The summed E-state index contributed by atoms with van der Waals surface area (Å²) in [4.78, 5) is 0. The Kier molecular flexibility index (Phi) is 7.07. The van der Waals surface area contributed by atoms with Gasteiger partial charge in [0.25, 0.3) is 0 Å². The maximum atomic E-state index is 9.03. The SMILES string of the molecule is CCc1nn(C)c(Cl)c1CNC(CCO)CSC. The normalized spacial score (nSPS) is 12.9. The fourth-order valence-corrected chi connectivity index (χ4v) is 2.81. The summed E-state index contributed by atoms with van der Waals surface area (Å²) in [5.41, 5.74) is 2.12. The van der Waals surface area contributed by atoms with Gasteiger partial charge in [-0.25, -0.2) is 0 Å². The molecule has 6 heteroatoms. The molecule has 0 aromatic carbocycles. The molecule has 0 saturated carbocycles. The molecule has 0 bridgehead atoms. The van der Waals surface area contributed by atoms with E-state index in [-0.39, 0.29) is 6.61 Å². The van der Waals surface area contributed by atoms with Crippen LogP contribution in [0.25, 0.3) is 0 Å². The third-order valence-corrected chi connectivity index (χ3v) is 4.11. The molecule has 1 rings (SSSR count). The van der Waals surface area contributed by atoms with Gasteiger partial charge in [0.1, 0.15) is 5.15 Å². The molecule has 104 valence electrons. The van der Waals surface area contributed by atoms with Crippen LogP contribution in [-0.4, -0.2) is 39.5 Å². The smallest absolute Gasteiger partial charge is 0.131 e. The molecule has 1 aromatic heterocycles. The number of aliphatic hydroxyl groups excluding tert-OH is 1. The lowest BCUT2D eigenvalue weighted by Gasteiger charge is -2.16. The molecular weight excluding hydrogens is 270 g/mol. The number of aromatic nitrogens is 2. The molecule has 0 aliphatic rings. The minimum atomic E-state index is 0.208. The number of rotatable bonds is 8. The predicted octanol–water partition coefficient (Wildman–Crippen LogP) is 1.84. The Balaban J connectivity index is 2.66. The minimum absolute atomic E-state index is 0.208. The van der Waals surface area contributed by atoms with Gasteiger partial charge in [-0.1, -0.05) is 18.5 Å². The Bertz CT molecular complexity index is 364. The number of thioether (sulfide) groups is 1. The van der Waals surface area contributed by atoms with Gasteiger partial charge < -0.3 is 10.4 Å². The van der Waals surface area contributed by atoms with E-state index >= 15 is 0 Å². The van der Waals surface area contributed by atoms with E-state index in [4.69, 9.17) is 16.7 Å². The second-order valence-corrected chi connectivity index (χ2v) is 5.51. The van der Waals surface area contributed by atoms with Gasteiger partial charge >= 0.3 is 0 Å². The number of halogens is 1. The molecular formula is C12H22ClN3OS. The molecule has 0 fully saturated rings. The fourth-order valence-electron chi connectivity index (χ4n) is 1.91. The zero-order chi connectivity index (χ0) is 13.5.